The predicted octanol–water partition coefficient (Wildman–Crippen LogP) is 2.92. The molecule has 0 radical (unpaired) electrons. The number of hydrogen-bond donors (Lipinski definition) is 2. The van der Waals surface area contributed by atoms with Gasteiger partial charge in [-0.2, -0.15) is 0 Å². The van der Waals surface area contributed by atoms with Gasteiger partial charge in [0.05, 0.1) is 19.8 Å². The lowest BCUT2D eigenvalue weighted by molar-refractivity contribution is 0.386. The Kier molecular flexibility index (Phi) is 4.27. The van der Waals surface area contributed by atoms with Crippen LogP contribution in [0.15, 0.2) is 36.4 Å². The van der Waals surface area contributed by atoms with E-state index in [0.29, 0.717) is 17.2 Å². The highest BCUT2D eigenvalue weighted by molar-refractivity contribution is 5.97. The summed E-state index contributed by atoms with van der Waals surface area (Å²) in [6.07, 6.45) is 0. The normalized spacial score (nSPS) is 10.0. The van der Waals surface area contributed by atoms with Crippen molar-refractivity contribution in [2.75, 3.05) is 14.2 Å². The van der Waals surface area contributed by atoms with Crippen molar-refractivity contribution in [2.45, 2.75) is 0 Å². The monoisotopic (exact) mass is 290 g/mol. The van der Waals surface area contributed by atoms with E-state index in [1.54, 1.807) is 18.2 Å². The van der Waals surface area contributed by atoms with Crippen LogP contribution in [0.5, 0.6) is 23.0 Å². The number of nitrogens with two attached hydrogens (primary N) is 1. The first-order chi connectivity index (χ1) is 10.0. The number of ether oxygens (including phenoxy) is 3. The van der Waals surface area contributed by atoms with E-state index in [-0.39, 0.29) is 17.1 Å². The lowest BCUT2D eigenvalue weighted by Gasteiger charge is -2.12. The summed E-state index contributed by atoms with van der Waals surface area (Å²) in [5.74, 6) is 1.04. The average Bonchev–Trinajstić information content (AvgIpc) is 2.48. The van der Waals surface area contributed by atoms with Gasteiger partial charge in [-0.1, -0.05) is 0 Å². The summed E-state index contributed by atoms with van der Waals surface area (Å²) in [6.45, 7) is 0. The van der Waals surface area contributed by atoms with Gasteiger partial charge in [0.25, 0.3) is 0 Å². The van der Waals surface area contributed by atoms with Crippen molar-refractivity contribution in [2.24, 2.45) is 5.73 Å². The highest BCUT2D eigenvalue weighted by Gasteiger charge is 2.11. The Morgan fingerprint density at radius 2 is 1.57 bits per heavy atom. The Morgan fingerprint density at radius 1 is 1.00 bits per heavy atom. The molecule has 0 unspecified atom stereocenters. The lowest BCUT2D eigenvalue weighted by Crippen LogP contribution is -2.12. The molecule has 5 nitrogen and oxygen atoms in total. The summed E-state index contributed by atoms with van der Waals surface area (Å²) < 4.78 is 29.2. The van der Waals surface area contributed by atoms with E-state index in [0.717, 1.165) is 6.07 Å². The van der Waals surface area contributed by atoms with Crippen LogP contribution in [0.25, 0.3) is 0 Å². The molecule has 2 rings (SSSR count). The van der Waals surface area contributed by atoms with Gasteiger partial charge in [-0.15, -0.1) is 0 Å². The van der Waals surface area contributed by atoms with Crippen LogP contribution >= 0.6 is 0 Å². The Bertz CT molecular complexity index is 652. The SMILES string of the molecule is COc1cc(OC)cc(Oc2ccc(F)cc2C(=N)N)c1. The third-order valence-corrected chi connectivity index (χ3v) is 2.78. The predicted molar refractivity (Wildman–Crippen MR) is 77.0 cm³/mol. The van der Waals surface area contributed by atoms with Gasteiger partial charge in [0.1, 0.15) is 34.7 Å². The first-order valence-corrected chi connectivity index (χ1v) is 6.08. The lowest BCUT2D eigenvalue weighted by atomic mass is 10.2. The van der Waals surface area contributed by atoms with E-state index < -0.39 is 5.82 Å². The molecule has 2 aromatic carbocycles. The Hall–Kier alpha value is -2.76. The van der Waals surface area contributed by atoms with E-state index in [4.69, 9.17) is 25.4 Å². The molecule has 0 amide bonds. The Morgan fingerprint density at radius 3 is 2.10 bits per heavy atom. The summed E-state index contributed by atoms with van der Waals surface area (Å²) in [5.41, 5.74) is 5.61. The summed E-state index contributed by atoms with van der Waals surface area (Å²) in [6, 6.07) is 8.79. The van der Waals surface area contributed by atoms with Crippen LogP contribution in [-0.2, 0) is 0 Å². The van der Waals surface area contributed by atoms with Crippen molar-refractivity contribution >= 4 is 5.84 Å². The molecular weight excluding hydrogens is 275 g/mol. The van der Waals surface area contributed by atoms with Crippen molar-refractivity contribution in [1.82, 2.24) is 0 Å². The molecule has 0 aliphatic heterocycles. The summed E-state index contributed by atoms with van der Waals surface area (Å²) in [4.78, 5) is 0. The molecular formula is C15H15FN2O3. The van der Waals surface area contributed by atoms with Gasteiger partial charge in [0, 0.05) is 18.2 Å². The van der Waals surface area contributed by atoms with E-state index in [1.807, 2.05) is 0 Å². The molecule has 0 fully saturated rings. The second kappa shape index (κ2) is 6.13. The van der Waals surface area contributed by atoms with Gasteiger partial charge >= 0.3 is 0 Å². The van der Waals surface area contributed by atoms with Gasteiger partial charge in [0.15, 0.2) is 0 Å². The minimum absolute atomic E-state index is 0.178. The van der Waals surface area contributed by atoms with Crippen LogP contribution in [0.3, 0.4) is 0 Å². The minimum Gasteiger partial charge on any atom is -0.496 e. The maximum Gasteiger partial charge on any atom is 0.138 e. The van der Waals surface area contributed by atoms with E-state index in [2.05, 4.69) is 0 Å². The zero-order valence-corrected chi connectivity index (χ0v) is 11.6. The van der Waals surface area contributed by atoms with Crippen molar-refractivity contribution in [3.05, 3.63) is 47.8 Å². The number of hydrogen-bond acceptors (Lipinski definition) is 4. The van der Waals surface area contributed by atoms with E-state index in [1.165, 1.54) is 26.4 Å². The molecule has 2 aromatic rings. The molecule has 0 atom stereocenters. The fourth-order valence-electron chi connectivity index (χ4n) is 1.77. The largest absolute Gasteiger partial charge is 0.496 e. The first-order valence-electron chi connectivity index (χ1n) is 6.08. The van der Waals surface area contributed by atoms with Crippen molar-refractivity contribution in [1.29, 1.82) is 5.41 Å². The van der Waals surface area contributed by atoms with Crippen LogP contribution in [0.1, 0.15) is 5.56 Å². The number of rotatable bonds is 5. The maximum atomic E-state index is 13.2. The Labute approximate surface area is 121 Å². The van der Waals surface area contributed by atoms with Gasteiger partial charge < -0.3 is 19.9 Å². The minimum atomic E-state index is -0.490. The molecule has 0 spiro atoms. The van der Waals surface area contributed by atoms with E-state index in [9.17, 15) is 4.39 Å². The van der Waals surface area contributed by atoms with Crippen molar-refractivity contribution < 1.29 is 18.6 Å². The molecule has 0 aliphatic rings. The van der Waals surface area contributed by atoms with Crippen LogP contribution in [0.4, 0.5) is 4.39 Å². The van der Waals surface area contributed by atoms with Crippen LogP contribution < -0.4 is 19.9 Å². The van der Waals surface area contributed by atoms with Crippen LogP contribution in [-0.4, -0.2) is 20.1 Å². The third kappa shape index (κ3) is 3.42. The summed E-state index contributed by atoms with van der Waals surface area (Å²) >= 11 is 0. The smallest absolute Gasteiger partial charge is 0.138 e. The molecule has 0 saturated heterocycles. The summed E-state index contributed by atoms with van der Waals surface area (Å²) in [5, 5.41) is 7.48. The number of benzene rings is 2. The number of nitrogens with one attached hydrogen (secondary N) is 1. The standard InChI is InChI=1S/C15H15FN2O3/c1-19-10-6-11(20-2)8-12(7-10)21-14-4-3-9(16)5-13(14)15(17)18/h3-8H,1-2H3,(H3,17,18). The van der Waals surface area contributed by atoms with Crippen molar-refractivity contribution in [3.8, 4) is 23.0 Å². The molecule has 6 heteroatoms. The van der Waals surface area contributed by atoms with Gasteiger partial charge in [-0.3, -0.25) is 5.41 Å². The van der Waals surface area contributed by atoms with Gasteiger partial charge in [-0.25, -0.2) is 4.39 Å². The van der Waals surface area contributed by atoms with Gasteiger partial charge in [0.2, 0.25) is 0 Å². The van der Waals surface area contributed by atoms with Crippen molar-refractivity contribution in [3.63, 3.8) is 0 Å². The third-order valence-electron chi connectivity index (χ3n) is 2.78. The number of halogens is 1. The highest BCUT2D eigenvalue weighted by atomic mass is 19.1. The average molecular weight is 290 g/mol. The quantitative estimate of drug-likeness (QED) is 0.655. The van der Waals surface area contributed by atoms with Crippen LogP contribution in [0.2, 0.25) is 0 Å². The second-order valence-electron chi connectivity index (χ2n) is 4.20. The topological polar surface area (TPSA) is 77.6 Å². The molecule has 110 valence electrons. The Balaban J connectivity index is 2.40. The molecule has 0 aliphatic carbocycles. The van der Waals surface area contributed by atoms with Crippen LogP contribution in [0, 0.1) is 11.2 Å². The molecule has 0 saturated carbocycles. The van der Waals surface area contributed by atoms with E-state index >= 15 is 0 Å². The fourth-order valence-corrected chi connectivity index (χ4v) is 1.77. The highest BCUT2D eigenvalue weighted by Crippen LogP contribution is 2.32. The fraction of sp³-hybridized carbons (Fsp3) is 0.133. The molecule has 21 heavy (non-hydrogen) atoms. The first kappa shape index (κ1) is 14.6. The zero-order valence-electron chi connectivity index (χ0n) is 11.6. The second-order valence-corrected chi connectivity index (χ2v) is 4.20. The molecule has 0 aromatic heterocycles. The summed E-state index contributed by atoms with van der Waals surface area (Å²) in [7, 11) is 3.05. The molecule has 0 heterocycles. The van der Waals surface area contributed by atoms with Gasteiger partial charge in [-0.05, 0) is 18.2 Å². The molecule has 0 bridgehead atoms. The number of amidine groups is 1. The maximum absolute atomic E-state index is 13.2. The molecule has 3 N–H and O–H groups in total. The number of nitrogen functional groups attached to an aromatic ring is 1. The zero-order chi connectivity index (χ0) is 15.4. The number of methoxy groups -OCH3 is 2.